The SMILES string of the molecule is CCOc1cccc2c(Cl)c3c(nc12)CCCC3. The summed E-state index contributed by atoms with van der Waals surface area (Å²) in [6, 6.07) is 5.97. The fraction of sp³-hybridized carbons (Fsp3) is 0.400. The highest BCUT2D eigenvalue weighted by Crippen LogP contribution is 2.36. The number of aryl methyl sites for hydroxylation is 1. The first kappa shape index (κ1) is 11.8. The third kappa shape index (κ3) is 1.85. The van der Waals surface area contributed by atoms with Crippen molar-refractivity contribution in [3.63, 3.8) is 0 Å². The Morgan fingerprint density at radius 3 is 2.94 bits per heavy atom. The Balaban J connectivity index is 2.27. The maximum absolute atomic E-state index is 6.54. The fourth-order valence-corrected chi connectivity index (χ4v) is 2.99. The fourth-order valence-electron chi connectivity index (χ4n) is 2.63. The van der Waals surface area contributed by atoms with Crippen LogP contribution in [-0.4, -0.2) is 11.6 Å². The van der Waals surface area contributed by atoms with Gasteiger partial charge in [0.2, 0.25) is 0 Å². The largest absolute Gasteiger partial charge is 0.492 e. The van der Waals surface area contributed by atoms with Gasteiger partial charge in [0.05, 0.1) is 11.6 Å². The Labute approximate surface area is 112 Å². The third-order valence-corrected chi connectivity index (χ3v) is 3.92. The molecule has 1 aliphatic carbocycles. The molecule has 2 nitrogen and oxygen atoms in total. The number of para-hydroxylation sites is 1. The lowest BCUT2D eigenvalue weighted by Crippen LogP contribution is -2.07. The molecule has 0 amide bonds. The van der Waals surface area contributed by atoms with Crippen LogP contribution in [0.3, 0.4) is 0 Å². The van der Waals surface area contributed by atoms with Gasteiger partial charge >= 0.3 is 0 Å². The van der Waals surface area contributed by atoms with Crippen LogP contribution in [0.2, 0.25) is 5.02 Å². The second-order valence-electron chi connectivity index (χ2n) is 4.64. The number of fused-ring (bicyclic) bond motifs is 2. The van der Waals surface area contributed by atoms with Gasteiger partial charge in [-0.25, -0.2) is 4.98 Å². The number of rotatable bonds is 2. The van der Waals surface area contributed by atoms with Gasteiger partial charge in [0.1, 0.15) is 11.3 Å². The van der Waals surface area contributed by atoms with E-state index in [0.29, 0.717) is 6.61 Å². The van der Waals surface area contributed by atoms with Crippen LogP contribution in [0, 0.1) is 0 Å². The molecule has 0 saturated heterocycles. The molecule has 1 heterocycles. The minimum absolute atomic E-state index is 0.648. The zero-order valence-electron chi connectivity index (χ0n) is 10.5. The van der Waals surface area contributed by atoms with E-state index in [1.165, 1.54) is 18.4 Å². The molecule has 1 aromatic heterocycles. The number of hydrogen-bond donors (Lipinski definition) is 0. The van der Waals surface area contributed by atoms with E-state index in [1.54, 1.807) is 0 Å². The molecule has 1 aromatic carbocycles. The van der Waals surface area contributed by atoms with Gasteiger partial charge in [0.25, 0.3) is 0 Å². The molecule has 1 aliphatic rings. The van der Waals surface area contributed by atoms with Gasteiger partial charge in [-0.05, 0) is 44.2 Å². The van der Waals surface area contributed by atoms with Crippen LogP contribution in [0.1, 0.15) is 31.0 Å². The average molecular weight is 262 g/mol. The summed E-state index contributed by atoms with van der Waals surface area (Å²) in [5, 5.41) is 1.89. The van der Waals surface area contributed by atoms with Gasteiger partial charge < -0.3 is 4.74 Å². The minimum atomic E-state index is 0.648. The van der Waals surface area contributed by atoms with Crippen molar-refractivity contribution in [2.75, 3.05) is 6.61 Å². The standard InChI is InChI=1S/C15H16ClNO/c1-2-18-13-9-5-7-11-14(16)10-6-3-4-8-12(10)17-15(11)13/h5,7,9H,2-4,6,8H2,1H3. The summed E-state index contributed by atoms with van der Waals surface area (Å²) >= 11 is 6.54. The molecular weight excluding hydrogens is 246 g/mol. The number of ether oxygens (including phenoxy) is 1. The summed E-state index contributed by atoms with van der Waals surface area (Å²) in [5.41, 5.74) is 3.31. The maximum Gasteiger partial charge on any atom is 0.145 e. The molecular formula is C15H16ClNO. The summed E-state index contributed by atoms with van der Waals surface area (Å²) in [6.45, 7) is 2.63. The molecule has 3 rings (SSSR count). The molecule has 0 unspecified atom stereocenters. The van der Waals surface area contributed by atoms with Gasteiger partial charge in [0, 0.05) is 11.1 Å². The summed E-state index contributed by atoms with van der Waals surface area (Å²) in [4.78, 5) is 4.79. The number of pyridine rings is 1. The molecule has 0 aliphatic heterocycles. The van der Waals surface area contributed by atoms with Gasteiger partial charge in [-0.2, -0.15) is 0 Å². The normalized spacial score (nSPS) is 14.6. The molecule has 0 saturated carbocycles. The Kier molecular flexibility index (Phi) is 3.13. The van der Waals surface area contributed by atoms with Gasteiger partial charge in [0.15, 0.2) is 0 Å². The zero-order valence-corrected chi connectivity index (χ0v) is 11.3. The van der Waals surface area contributed by atoms with Crippen molar-refractivity contribution in [1.29, 1.82) is 0 Å². The molecule has 0 fully saturated rings. The first-order valence-electron chi connectivity index (χ1n) is 6.54. The molecule has 2 aromatic rings. The lowest BCUT2D eigenvalue weighted by Gasteiger charge is -2.18. The Hall–Kier alpha value is -1.28. The Bertz CT molecular complexity index is 595. The van der Waals surface area contributed by atoms with E-state index in [4.69, 9.17) is 21.3 Å². The smallest absolute Gasteiger partial charge is 0.145 e. The summed E-state index contributed by atoms with van der Waals surface area (Å²) < 4.78 is 5.64. The molecule has 0 spiro atoms. The van der Waals surface area contributed by atoms with E-state index in [0.717, 1.165) is 40.2 Å². The molecule has 0 N–H and O–H groups in total. The summed E-state index contributed by atoms with van der Waals surface area (Å²) in [7, 11) is 0. The monoisotopic (exact) mass is 261 g/mol. The average Bonchev–Trinajstić information content (AvgIpc) is 2.40. The van der Waals surface area contributed by atoms with Crippen LogP contribution in [0.5, 0.6) is 5.75 Å². The molecule has 94 valence electrons. The van der Waals surface area contributed by atoms with Crippen molar-refractivity contribution in [3.05, 3.63) is 34.5 Å². The van der Waals surface area contributed by atoms with E-state index in [2.05, 4.69) is 0 Å². The number of benzene rings is 1. The number of nitrogens with zero attached hydrogens (tertiary/aromatic N) is 1. The lowest BCUT2D eigenvalue weighted by molar-refractivity contribution is 0.343. The topological polar surface area (TPSA) is 22.1 Å². The van der Waals surface area contributed by atoms with Gasteiger partial charge in [-0.3, -0.25) is 0 Å². The highest BCUT2D eigenvalue weighted by atomic mass is 35.5. The van der Waals surface area contributed by atoms with Gasteiger partial charge in [-0.1, -0.05) is 23.7 Å². The first-order chi connectivity index (χ1) is 8.81. The van der Waals surface area contributed by atoms with E-state index in [-0.39, 0.29) is 0 Å². The Morgan fingerprint density at radius 2 is 2.11 bits per heavy atom. The van der Waals surface area contributed by atoms with E-state index in [1.807, 2.05) is 25.1 Å². The Morgan fingerprint density at radius 1 is 1.28 bits per heavy atom. The molecule has 0 atom stereocenters. The highest BCUT2D eigenvalue weighted by molar-refractivity contribution is 6.36. The lowest BCUT2D eigenvalue weighted by atomic mass is 9.94. The van der Waals surface area contributed by atoms with Crippen molar-refractivity contribution in [2.45, 2.75) is 32.6 Å². The number of aromatic nitrogens is 1. The van der Waals surface area contributed by atoms with Crippen molar-refractivity contribution < 1.29 is 4.74 Å². The van der Waals surface area contributed by atoms with E-state index >= 15 is 0 Å². The van der Waals surface area contributed by atoms with Crippen LogP contribution in [0.15, 0.2) is 18.2 Å². The van der Waals surface area contributed by atoms with Crippen molar-refractivity contribution in [3.8, 4) is 5.75 Å². The van der Waals surface area contributed by atoms with E-state index in [9.17, 15) is 0 Å². The van der Waals surface area contributed by atoms with Crippen molar-refractivity contribution in [2.24, 2.45) is 0 Å². The molecule has 18 heavy (non-hydrogen) atoms. The second-order valence-corrected chi connectivity index (χ2v) is 5.02. The van der Waals surface area contributed by atoms with Crippen LogP contribution < -0.4 is 4.74 Å². The summed E-state index contributed by atoms with van der Waals surface area (Å²) in [6.07, 6.45) is 4.51. The second kappa shape index (κ2) is 4.77. The van der Waals surface area contributed by atoms with Gasteiger partial charge in [-0.15, -0.1) is 0 Å². The number of halogens is 1. The quantitative estimate of drug-likeness (QED) is 0.810. The summed E-state index contributed by atoms with van der Waals surface area (Å²) in [5.74, 6) is 0.838. The molecule has 0 bridgehead atoms. The molecule has 0 radical (unpaired) electrons. The predicted molar refractivity (Wildman–Crippen MR) is 74.6 cm³/mol. The van der Waals surface area contributed by atoms with Crippen molar-refractivity contribution in [1.82, 2.24) is 4.98 Å². The number of hydrogen-bond acceptors (Lipinski definition) is 2. The van der Waals surface area contributed by atoms with Crippen LogP contribution in [0.4, 0.5) is 0 Å². The minimum Gasteiger partial charge on any atom is -0.492 e. The van der Waals surface area contributed by atoms with Crippen LogP contribution in [-0.2, 0) is 12.8 Å². The maximum atomic E-state index is 6.54. The zero-order chi connectivity index (χ0) is 12.5. The van der Waals surface area contributed by atoms with E-state index < -0.39 is 0 Å². The highest BCUT2D eigenvalue weighted by Gasteiger charge is 2.18. The van der Waals surface area contributed by atoms with Crippen LogP contribution >= 0.6 is 11.6 Å². The molecule has 3 heteroatoms. The van der Waals surface area contributed by atoms with Crippen molar-refractivity contribution >= 4 is 22.5 Å². The third-order valence-electron chi connectivity index (χ3n) is 3.49. The first-order valence-corrected chi connectivity index (χ1v) is 6.92. The predicted octanol–water partition coefficient (Wildman–Crippen LogP) is 4.17. The van der Waals surface area contributed by atoms with Crippen LogP contribution in [0.25, 0.3) is 10.9 Å².